The Morgan fingerprint density at radius 2 is 2.26 bits per heavy atom. The fraction of sp³-hybridized carbons (Fsp3) is 0.182. The van der Waals surface area contributed by atoms with Gasteiger partial charge in [-0.15, -0.1) is 0 Å². The minimum Gasteiger partial charge on any atom is -0.347 e. The SMILES string of the molecule is Cn1cccc1C(=O)NCc1cc(C(=O)NO)sn1. The summed E-state index contributed by atoms with van der Waals surface area (Å²) in [5.74, 6) is -0.828. The Morgan fingerprint density at radius 3 is 2.89 bits per heavy atom. The molecule has 7 nitrogen and oxygen atoms in total. The first-order valence-corrected chi connectivity index (χ1v) is 6.18. The molecule has 0 radical (unpaired) electrons. The molecule has 0 saturated carbocycles. The van der Waals surface area contributed by atoms with Crippen LogP contribution in [0.25, 0.3) is 0 Å². The van der Waals surface area contributed by atoms with Gasteiger partial charge in [0.2, 0.25) is 0 Å². The van der Waals surface area contributed by atoms with Gasteiger partial charge in [0.05, 0.1) is 12.2 Å². The molecule has 8 heteroatoms. The molecule has 0 atom stereocenters. The molecule has 100 valence electrons. The van der Waals surface area contributed by atoms with Crippen LogP contribution < -0.4 is 10.8 Å². The van der Waals surface area contributed by atoms with E-state index in [0.717, 1.165) is 11.5 Å². The second-order valence-corrected chi connectivity index (χ2v) is 4.62. The Kier molecular flexibility index (Phi) is 3.93. The Morgan fingerprint density at radius 1 is 1.47 bits per heavy atom. The predicted octanol–water partition coefficient (Wildman–Crippen LogP) is 0.531. The van der Waals surface area contributed by atoms with Gasteiger partial charge in [-0.1, -0.05) is 0 Å². The summed E-state index contributed by atoms with van der Waals surface area (Å²) in [4.78, 5) is 23.2. The third-order valence-corrected chi connectivity index (χ3v) is 3.32. The fourth-order valence-corrected chi connectivity index (χ4v) is 2.17. The topological polar surface area (TPSA) is 96.2 Å². The lowest BCUT2D eigenvalue weighted by Crippen LogP contribution is -2.24. The number of hydrogen-bond donors (Lipinski definition) is 3. The predicted molar refractivity (Wildman–Crippen MR) is 67.9 cm³/mol. The first-order valence-electron chi connectivity index (χ1n) is 5.41. The third kappa shape index (κ3) is 2.98. The minimum atomic E-state index is -0.613. The molecule has 0 saturated heterocycles. The van der Waals surface area contributed by atoms with E-state index in [0.29, 0.717) is 11.4 Å². The molecule has 0 aliphatic carbocycles. The summed E-state index contributed by atoms with van der Waals surface area (Å²) in [6.45, 7) is 0.221. The zero-order valence-corrected chi connectivity index (χ0v) is 10.9. The van der Waals surface area contributed by atoms with E-state index >= 15 is 0 Å². The molecular weight excluding hydrogens is 268 g/mol. The number of amides is 2. The van der Waals surface area contributed by atoms with Crippen molar-refractivity contribution in [2.45, 2.75) is 6.54 Å². The molecule has 19 heavy (non-hydrogen) atoms. The molecule has 3 N–H and O–H groups in total. The highest BCUT2D eigenvalue weighted by Crippen LogP contribution is 2.10. The second kappa shape index (κ2) is 5.63. The van der Waals surface area contributed by atoms with E-state index in [9.17, 15) is 9.59 Å². The second-order valence-electron chi connectivity index (χ2n) is 3.81. The van der Waals surface area contributed by atoms with E-state index in [4.69, 9.17) is 5.21 Å². The van der Waals surface area contributed by atoms with Gasteiger partial charge in [0, 0.05) is 13.2 Å². The van der Waals surface area contributed by atoms with Gasteiger partial charge in [-0.2, -0.15) is 4.37 Å². The van der Waals surface area contributed by atoms with Gasteiger partial charge in [0.15, 0.2) is 0 Å². The smallest absolute Gasteiger partial charge is 0.286 e. The van der Waals surface area contributed by atoms with Crippen molar-refractivity contribution in [3.8, 4) is 0 Å². The highest BCUT2D eigenvalue weighted by atomic mass is 32.1. The van der Waals surface area contributed by atoms with Crippen LogP contribution in [0.15, 0.2) is 24.4 Å². The van der Waals surface area contributed by atoms with E-state index < -0.39 is 5.91 Å². The van der Waals surface area contributed by atoms with Crippen LogP contribution in [0, 0.1) is 0 Å². The van der Waals surface area contributed by atoms with Gasteiger partial charge in [-0.25, -0.2) is 5.48 Å². The Labute approximate surface area is 113 Å². The monoisotopic (exact) mass is 280 g/mol. The minimum absolute atomic E-state index is 0.214. The number of nitrogens with one attached hydrogen (secondary N) is 2. The lowest BCUT2D eigenvalue weighted by atomic mass is 10.3. The molecule has 2 amide bonds. The molecular formula is C11H12N4O3S. The summed E-state index contributed by atoms with van der Waals surface area (Å²) in [5.41, 5.74) is 2.64. The standard InChI is InChI=1S/C11H12N4O3S/c1-15-4-2-3-8(15)10(16)12-6-7-5-9(19-14-7)11(17)13-18/h2-5,18H,6H2,1H3,(H,12,16)(H,13,17). The number of hydroxylamine groups is 1. The molecule has 0 aliphatic rings. The number of carbonyl (C=O) groups is 2. The van der Waals surface area contributed by atoms with Gasteiger partial charge < -0.3 is 9.88 Å². The normalized spacial score (nSPS) is 10.2. The molecule has 2 aromatic rings. The fourth-order valence-electron chi connectivity index (χ4n) is 1.52. The Balaban J connectivity index is 1.96. The molecule has 0 aliphatic heterocycles. The van der Waals surface area contributed by atoms with Gasteiger partial charge in [0.1, 0.15) is 10.6 Å². The van der Waals surface area contributed by atoms with E-state index in [1.54, 1.807) is 29.9 Å². The van der Waals surface area contributed by atoms with Crippen LogP contribution in [-0.4, -0.2) is 26.0 Å². The van der Waals surface area contributed by atoms with Crippen LogP contribution in [0.4, 0.5) is 0 Å². The van der Waals surface area contributed by atoms with Crippen molar-refractivity contribution in [3.63, 3.8) is 0 Å². The number of aryl methyl sites for hydroxylation is 1. The molecule has 2 aromatic heterocycles. The molecule has 2 rings (SSSR count). The van der Waals surface area contributed by atoms with Crippen LogP contribution in [0.3, 0.4) is 0 Å². The lowest BCUT2D eigenvalue weighted by molar-refractivity contribution is 0.0711. The maximum Gasteiger partial charge on any atom is 0.286 e. The average molecular weight is 280 g/mol. The van der Waals surface area contributed by atoms with Crippen LogP contribution >= 0.6 is 11.5 Å². The van der Waals surface area contributed by atoms with Crippen LogP contribution in [0.1, 0.15) is 25.9 Å². The summed E-state index contributed by atoms with van der Waals surface area (Å²) in [5, 5.41) is 11.2. The largest absolute Gasteiger partial charge is 0.347 e. The van der Waals surface area contributed by atoms with Crippen molar-refractivity contribution >= 4 is 23.3 Å². The van der Waals surface area contributed by atoms with Crippen molar-refractivity contribution in [1.29, 1.82) is 0 Å². The average Bonchev–Trinajstić information content (AvgIpc) is 3.04. The quantitative estimate of drug-likeness (QED) is 0.562. The van der Waals surface area contributed by atoms with Gasteiger partial charge >= 0.3 is 0 Å². The van der Waals surface area contributed by atoms with E-state index in [-0.39, 0.29) is 17.3 Å². The maximum atomic E-state index is 11.8. The zero-order valence-electron chi connectivity index (χ0n) is 10.1. The Hall–Kier alpha value is -2.19. The summed E-state index contributed by atoms with van der Waals surface area (Å²) in [6, 6.07) is 5.00. The number of carbonyl (C=O) groups excluding carboxylic acids is 2. The van der Waals surface area contributed by atoms with E-state index in [1.165, 1.54) is 11.5 Å². The zero-order chi connectivity index (χ0) is 13.8. The van der Waals surface area contributed by atoms with Crippen LogP contribution in [-0.2, 0) is 13.6 Å². The van der Waals surface area contributed by atoms with Gasteiger partial charge in [0.25, 0.3) is 11.8 Å². The Bertz CT molecular complexity index is 605. The molecule has 0 fully saturated rings. The van der Waals surface area contributed by atoms with Gasteiger partial charge in [-0.05, 0) is 29.7 Å². The summed E-state index contributed by atoms with van der Waals surface area (Å²) >= 11 is 0.956. The summed E-state index contributed by atoms with van der Waals surface area (Å²) < 4.78 is 5.72. The molecule has 2 heterocycles. The number of nitrogens with zero attached hydrogens (tertiary/aromatic N) is 2. The highest BCUT2D eigenvalue weighted by molar-refractivity contribution is 7.08. The summed E-state index contributed by atoms with van der Waals surface area (Å²) in [6.07, 6.45) is 1.78. The van der Waals surface area contributed by atoms with Crippen LogP contribution in [0.2, 0.25) is 0 Å². The van der Waals surface area contributed by atoms with Gasteiger partial charge in [-0.3, -0.25) is 14.8 Å². The number of hydrogen-bond acceptors (Lipinski definition) is 5. The number of rotatable bonds is 4. The van der Waals surface area contributed by atoms with E-state index in [2.05, 4.69) is 9.69 Å². The third-order valence-electron chi connectivity index (χ3n) is 2.49. The van der Waals surface area contributed by atoms with Crippen molar-refractivity contribution in [3.05, 3.63) is 40.7 Å². The lowest BCUT2D eigenvalue weighted by Gasteiger charge is -2.03. The molecule has 0 unspecified atom stereocenters. The number of aromatic nitrogens is 2. The molecule has 0 aromatic carbocycles. The van der Waals surface area contributed by atoms with Crippen LogP contribution in [0.5, 0.6) is 0 Å². The first kappa shape index (κ1) is 13.2. The van der Waals surface area contributed by atoms with Crippen molar-refractivity contribution in [2.75, 3.05) is 0 Å². The molecule has 0 spiro atoms. The van der Waals surface area contributed by atoms with Crippen molar-refractivity contribution < 1.29 is 14.8 Å². The summed E-state index contributed by atoms with van der Waals surface area (Å²) in [7, 11) is 1.78. The maximum absolute atomic E-state index is 11.8. The van der Waals surface area contributed by atoms with Crippen molar-refractivity contribution in [2.24, 2.45) is 7.05 Å². The van der Waals surface area contributed by atoms with E-state index in [1.807, 2.05) is 0 Å². The molecule has 0 bridgehead atoms. The van der Waals surface area contributed by atoms with Crippen molar-refractivity contribution in [1.82, 2.24) is 19.7 Å². The highest BCUT2D eigenvalue weighted by Gasteiger charge is 2.12. The first-order chi connectivity index (χ1) is 9.11.